The summed E-state index contributed by atoms with van der Waals surface area (Å²) < 4.78 is 0. The lowest BCUT2D eigenvalue weighted by molar-refractivity contribution is -0.140. The molecule has 1 aliphatic heterocycles. The molecule has 0 radical (unpaired) electrons. The van der Waals surface area contributed by atoms with Crippen LogP contribution in [0.15, 0.2) is 18.2 Å². The van der Waals surface area contributed by atoms with Gasteiger partial charge in [0, 0.05) is 5.75 Å². The molecule has 1 aliphatic rings. The number of carbonyl (C=O) groups is 2. The van der Waals surface area contributed by atoms with E-state index in [9.17, 15) is 14.7 Å². The van der Waals surface area contributed by atoms with E-state index in [-0.39, 0.29) is 17.0 Å². The fourth-order valence-corrected chi connectivity index (χ4v) is 2.88. The van der Waals surface area contributed by atoms with Crippen molar-refractivity contribution in [2.75, 3.05) is 17.4 Å². The zero-order valence-electron chi connectivity index (χ0n) is 9.37. The minimum absolute atomic E-state index is 0.0313. The van der Waals surface area contributed by atoms with Gasteiger partial charge in [-0.3, -0.25) is 4.79 Å². The number of benzene rings is 1. The number of nitrogens with zero attached hydrogens (tertiary/aromatic N) is 1. The topological polar surface area (TPSA) is 104 Å². The van der Waals surface area contributed by atoms with Crippen LogP contribution in [-0.4, -0.2) is 44.7 Å². The number of aliphatic carboxylic acids is 1. The quantitative estimate of drug-likeness (QED) is 0.535. The van der Waals surface area contributed by atoms with E-state index < -0.39 is 17.9 Å². The fraction of sp³-hybridized carbons (Fsp3) is 0.273. The van der Waals surface area contributed by atoms with Crippen LogP contribution < -0.4 is 5.73 Å². The molecular weight excluding hydrogens is 256 g/mol. The normalized spacial score (nSPS) is 18.9. The number of nitrogen functional groups attached to an aromatic ring is 1. The molecule has 0 spiro atoms. The number of amides is 1. The third-order valence-corrected chi connectivity index (χ3v) is 3.74. The summed E-state index contributed by atoms with van der Waals surface area (Å²) in [6, 6.07) is 3.58. The number of carboxylic acid groups (broad SMARTS) is 1. The Morgan fingerprint density at radius 2 is 2.17 bits per heavy atom. The molecule has 0 aromatic heterocycles. The molecule has 0 aliphatic carbocycles. The monoisotopic (exact) mass is 268 g/mol. The van der Waals surface area contributed by atoms with Gasteiger partial charge in [-0.15, -0.1) is 11.8 Å². The number of nitrogens with two attached hydrogens (primary N) is 1. The summed E-state index contributed by atoms with van der Waals surface area (Å²) in [6.07, 6.45) is 0. The number of aromatic hydroxyl groups is 1. The number of para-hydroxylation sites is 1. The summed E-state index contributed by atoms with van der Waals surface area (Å²) in [5, 5.41) is 18.7. The molecular formula is C11H12N2O4S. The van der Waals surface area contributed by atoms with Crippen LogP contribution in [-0.2, 0) is 4.79 Å². The highest BCUT2D eigenvalue weighted by atomic mass is 32.2. The van der Waals surface area contributed by atoms with Gasteiger partial charge in [-0.1, -0.05) is 6.07 Å². The molecule has 18 heavy (non-hydrogen) atoms. The molecule has 0 unspecified atom stereocenters. The predicted molar refractivity (Wildman–Crippen MR) is 67.4 cm³/mol. The number of phenols is 1. The van der Waals surface area contributed by atoms with Crippen LogP contribution in [0.5, 0.6) is 5.75 Å². The van der Waals surface area contributed by atoms with Crippen molar-refractivity contribution in [3.05, 3.63) is 23.8 Å². The number of carboxylic acids is 1. The Kier molecular flexibility index (Phi) is 3.33. The molecule has 0 bridgehead atoms. The van der Waals surface area contributed by atoms with E-state index in [1.807, 2.05) is 0 Å². The number of hydrogen-bond acceptors (Lipinski definition) is 5. The summed E-state index contributed by atoms with van der Waals surface area (Å²) in [4.78, 5) is 24.4. The molecule has 0 saturated carbocycles. The molecule has 6 nitrogen and oxygen atoms in total. The first kappa shape index (κ1) is 12.6. The van der Waals surface area contributed by atoms with Crippen molar-refractivity contribution in [1.82, 2.24) is 4.90 Å². The zero-order chi connectivity index (χ0) is 13.3. The predicted octanol–water partition coefficient (Wildman–Crippen LogP) is 0.574. The highest BCUT2D eigenvalue weighted by molar-refractivity contribution is 7.99. The van der Waals surface area contributed by atoms with Gasteiger partial charge < -0.3 is 20.8 Å². The summed E-state index contributed by atoms with van der Waals surface area (Å²) in [5.74, 6) is -1.22. The molecule has 1 aromatic carbocycles. The van der Waals surface area contributed by atoms with E-state index in [0.717, 1.165) is 0 Å². The van der Waals surface area contributed by atoms with Crippen molar-refractivity contribution < 1.29 is 19.8 Å². The van der Waals surface area contributed by atoms with Gasteiger partial charge in [-0.25, -0.2) is 4.79 Å². The standard InChI is InChI=1S/C11H12N2O4S/c12-7-3-1-2-6(9(7)14)10(15)13-5-18-4-8(13)11(16)17/h1-3,8,14H,4-5,12H2,(H,16,17)/t8-/m0/s1. The first-order chi connectivity index (χ1) is 8.52. The molecule has 1 fully saturated rings. The average molecular weight is 268 g/mol. The van der Waals surface area contributed by atoms with Crippen molar-refractivity contribution in [2.24, 2.45) is 0 Å². The summed E-state index contributed by atoms with van der Waals surface area (Å²) in [5.41, 5.74) is 5.64. The second-order valence-corrected chi connectivity index (χ2v) is 4.87. The molecule has 1 heterocycles. The van der Waals surface area contributed by atoms with Crippen LogP contribution >= 0.6 is 11.8 Å². The maximum atomic E-state index is 12.2. The van der Waals surface area contributed by atoms with Crippen LogP contribution in [0, 0.1) is 0 Å². The van der Waals surface area contributed by atoms with Crippen LogP contribution in [0.4, 0.5) is 5.69 Å². The number of carbonyl (C=O) groups excluding carboxylic acids is 1. The zero-order valence-corrected chi connectivity index (χ0v) is 10.2. The Morgan fingerprint density at radius 1 is 1.44 bits per heavy atom. The van der Waals surface area contributed by atoms with E-state index in [1.54, 1.807) is 6.07 Å². The summed E-state index contributed by atoms with van der Waals surface area (Å²) in [6.45, 7) is 0. The Balaban J connectivity index is 2.31. The highest BCUT2D eigenvalue weighted by Gasteiger charge is 2.35. The lowest BCUT2D eigenvalue weighted by atomic mass is 10.1. The molecule has 7 heteroatoms. The second-order valence-electron chi connectivity index (χ2n) is 3.87. The maximum absolute atomic E-state index is 12.2. The van der Waals surface area contributed by atoms with E-state index >= 15 is 0 Å². The first-order valence-electron chi connectivity index (χ1n) is 5.21. The van der Waals surface area contributed by atoms with E-state index in [1.165, 1.54) is 28.8 Å². The van der Waals surface area contributed by atoms with Gasteiger partial charge in [0.05, 0.1) is 17.1 Å². The maximum Gasteiger partial charge on any atom is 0.327 e. The highest BCUT2D eigenvalue weighted by Crippen LogP contribution is 2.29. The molecule has 96 valence electrons. The Bertz CT molecular complexity index is 506. The summed E-state index contributed by atoms with van der Waals surface area (Å²) >= 11 is 1.36. The minimum atomic E-state index is -1.04. The van der Waals surface area contributed by atoms with Gasteiger partial charge in [0.25, 0.3) is 5.91 Å². The van der Waals surface area contributed by atoms with Crippen molar-refractivity contribution in [2.45, 2.75) is 6.04 Å². The van der Waals surface area contributed by atoms with Crippen molar-refractivity contribution in [1.29, 1.82) is 0 Å². The number of thioether (sulfide) groups is 1. The molecule has 4 N–H and O–H groups in total. The largest absolute Gasteiger partial charge is 0.505 e. The molecule has 2 rings (SSSR count). The van der Waals surface area contributed by atoms with Crippen molar-refractivity contribution >= 4 is 29.3 Å². The third kappa shape index (κ3) is 2.08. The fourth-order valence-electron chi connectivity index (χ4n) is 1.74. The number of hydrogen-bond donors (Lipinski definition) is 3. The van der Waals surface area contributed by atoms with Crippen LogP contribution in [0.25, 0.3) is 0 Å². The SMILES string of the molecule is Nc1cccc(C(=O)N2CSC[C@H]2C(=O)O)c1O. The van der Waals surface area contributed by atoms with E-state index in [4.69, 9.17) is 10.8 Å². The Morgan fingerprint density at radius 3 is 2.83 bits per heavy atom. The summed E-state index contributed by atoms with van der Waals surface area (Å²) in [7, 11) is 0. The lowest BCUT2D eigenvalue weighted by Gasteiger charge is -2.21. The smallest absolute Gasteiger partial charge is 0.327 e. The van der Waals surface area contributed by atoms with Crippen molar-refractivity contribution in [3.63, 3.8) is 0 Å². The average Bonchev–Trinajstić information content (AvgIpc) is 2.81. The molecule has 1 atom stereocenters. The van der Waals surface area contributed by atoms with Gasteiger partial charge in [-0.2, -0.15) is 0 Å². The van der Waals surface area contributed by atoms with Crippen molar-refractivity contribution in [3.8, 4) is 5.75 Å². The lowest BCUT2D eigenvalue weighted by Crippen LogP contribution is -2.41. The second kappa shape index (κ2) is 4.77. The van der Waals surface area contributed by atoms with E-state index in [0.29, 0.717) is 11.6 Å². The Hall–Kier alpha value is -1.89. The van der Waals surface area contributed by atoms with E-state index in [2.05, 4.69) is 0 Å². The van der Waals surface area contributed by atoms with Gasteiger partial charge in [0.15, 0.2) is 5.75 Å². The van der Waals surface area contributed by atoms with Gasteiger partial charge in [0.2, 0.25) is 0 Å². The number of rotatable bonds is 2. The van der Waals surface area contributed by atoms with Gasteiger partial charge in [-0.05, 0) is 12.1 Å². The molecule has 1 amide bonds. The van der Waals surface area contributed by atoms with Crippen LogP contribution in [0.3, 0.4) is 0 Å². The minimum Gasteiger partial charge on any atom is -0.505 e. The van der Waals surface area contributed by atoms with Crippen LogP contribution in [0.1, 0.15) is 10.4 Å². The van der Waals surface area contributed by atoms with Crippen LogP contribution in [0.2, 0.25) is 0 Å². The first-order valence-corrected chi connectivity index (χ1v) is 6.37. The number of phenolic OH excluding ortho intramolecular Hbond substituents is 1. The number of anilines is 1. The third-order valence-electron chi connectivity index (χ3n) is 2.73. The van der Waals surface area contributed by atoms with Gasteiger partial charge >= 0.3 is 5.97 Å². The van der Waals surface area contributed by atoms with Gasteiger partial charge in [0.1, 0.15) is 6.04 Å². The molecule has 1 saturated heterocycles. The molecule has 1 aromatic rings. The Labute approximate surface area is 107 Å².